The molecule has 0 amide bonds. The second kappa shape index (κ2) is 8.26. The number of carboxylic acids is 1. The lowest BCUT2D eigenvalue weighted by Crippen LogP contribution is -2.45. The summed E-state index contributed by atoms with van der Waals surface area (Å²) in [6.45, 7) is 4.63. The van der Waals surface area contributed by atoms with E-state index in [0.29, 0.717) is 12.6 Å². The van der Waals surface area contributed by atoms with E-state index in [2.05, 4.69) is 0 Å². The van der Waals surface area contributed by atoms with E-state index in [1.807, 2.05) is 13.8 Å². The maximum Gasteiger partial charge on any atom is 0.416 e. The Labute approximate surface area is 131 Å². The van der Waals surface area contributed by atoms with Crippen LogP contribution in [0.25, 0.3) is 0 Å². The van der Waals surface area contributed by atoms with Crippen molar-refractivity contribution in [2.75, 3.05) is 19.7 Å². The molecule has 4 nitrogen and oxygen atoms in total. The molecular formula is C15H19F4NO3. The van der Waals surface area contributed by atoms with E-state index in [4.69, 9.17) is 9.84 Å². The fourth-order valence-electron chi connectivity index (χ4n) is 2.16. The molecule has 1 aromatic rings. The van der Waals surface area contributed by atoms with Crippen molar-refractivity contribution in [2.45, 2.75) is 32.7 Å². The zero-order valence-electron chi connectivity index (χ0n) is 12.9. The predicted octanol–water partition coefficient (Wildman–Crippen LogP) is 3.16. The molecule has 2 rings (SSSR count). The van der Waals surface area contributed by atoms with Gasteiger partial charge in [0, 0.05) is 19.6 Å². The molecule has 0 aliphatic carbocycles. The number of benzene rings is 1. The van der Waals surface area contributed by atoms with Crippen molar-refractivity contribution in [2.24, 2.45) is 0 Å². The molecule has 1 heterocycles. The van der Waals surface area contributed by atoms with E-state index in [0.717, 1.165) is 12.1 Å². The Morgan fingerprint density at radius 3 is 2.57 bits per heavy atom. The van der Waals surface area contributed by atoms with Crippen molar-refractivity contribution in [1.82, 2.24) is 4.90 Å². The average Bonchev–Trinajstić information content (AvgIpc) is 2.48. The number of carbonyl (C=O) groups is 1. The molecule has 8 heteroatoms. The topological polar surface area (TPSA) is 49.8 Å². The van der Waals surface area contributed by atoms with Crippen LogP contribution >= 0.6 is 0 Å². The number of nitrogens with zero attached hydrogens (tertiary/aromatic N) is 1. The van der Waals surface area contributed by atoms with Gasteiger partial charge in [0.25, 0.3) is 0 Å². The third-order valence-electron chi connectivity index (χ3n) is 3.12. The fraction of sp³-hybridized carbons (Fsp3) is 0.533. The number of rotatable bonds is 3. The van der Waals surface area contributed by atoms with Crippen LogP contribution in [0.2, 0.25) is 0 Å². The van der Waals surface area contributed by atoms with E-state index < -0.39 is 29.6 Å². The van der Waals surface area contributed by atoms with Crippen LogP contribution in [0.3, 0.4) is 0 Å². The third kappa shape index (κ3) is 5.80. The van der Waals surface area contributed by atoms with Crippen LogP contribution in [-0.2, 0) is 22.3 Å². The lowest BCUT2D eigenvalue weighted by molar-refractivity contribution is -0.156. The molecule has 1 N–H and O–H groups in total. The van der Waals surface area contributed by atoms with Gasteiger partial charge in [0.15, 0.2) is 6.10 Å². The van der Waals surface area contributed by atoms with Gasteiger partial charge in [-0.05, 0) is 23.8 Å². The summed E-state index contributed by atoms with van der Waals surface area (Å²) in [5, 5.41) is 8.86. The molecule has 1 saturated heterocycles. The number of hydrogen-bond donors (Lipinski definition) is 1. The summed E-state index contributed by atoms with van der Waals surface area (Å²) < 4.78 is 56.1. The molecule has 1 unspecified atom stereocenters. The smallest absolute Gasteiger partial charge is 0.416 e. The number of morpholine rings is 1. The summed E-state index contributed by atoms with van der Waals surface area (Å²) in [7, 11) is 0. The summed E-state index contributed by atoms with van der Waals surface area (Å²) in [4.78, 5) is 12.5. The summed E-state index contributed by atoms with van der Waals surface area (Å²) >= 11 is 0. The highest BCUT2D eigenvalue weighted by Crippen LogP contribution is 2.30. The Morgan fingerprint density at radius 2 is 2.00 bits per heavy atom. The van der Waals surface area contributed by atoms with Crippen LogP contribution in [0.5, 0.6) is 0 Å². The van der Waals surface area contributed by atoms with Crippen molar-refractivity contribution in [3.63, 3.8) is 0 Å². The van der Waals surface area contributed by atoms with Crippen molar-refractivity contribution < 1.29 is 32.2 Å². The number of hydrogen-bond acceptors (Lipinski definition) is 3. The first-order chi connectivity index (χ1) is 10.8. The van der Waals surface area contributed by atoms with Gasteiger partial charge in [-0.2, -0.15) is 13.2 Å². The van der Waals surface area contributed by atoms with Crippen molar-refractivity contribution in [3.8, 4) is 0 Å². The Morgan fingerprint density at radius 1 is 1.35 bits per heavy atom. The first-order valence-corrected chi connectivity index (χ1v) is 7.19. The fourth-order valence-corrected chi connectivity index (χ4v) is 2.16. The second-order valence-corrected chi connectivity index (χ2v) is 4.78. The maximum absolute atomic E-state index is 13.3. The van der Waals surface area contributed by atoms with Crippen molar-refractivity contribution in [3.05, 3.63) is 35.1 Å². The van der Waals surface area contributed by atoms with Crippen molar-refractivity contribution >= 4 is 5.97 Å². The zero-order chi connectivity index (χ0) is 17.6. The monoisotopic (exact) mass is 337 g/mol. The lowest BCUT2D eigenvalue weighted by atomic mass is 10.1. The summed E-state index contributed by atoms with van der Waals surface area (Å²) in [6.07, 6.45) is -5.64. The largest absolute Gasteiger partial charge is 0.479 e. The molecule has 0 radical (unpaired) electrons. The third-order valence-corrected chi connectivity index (χ3v) is 3.12. The number of halogens is 4. The number of alkyl halides is 3. The summed E-state index contributed by atoms with van der Waals surface area (Å²) in [5.41, 5.74) is -0.908. The van der Waals surface area contributed by atoms with Gasteiger partial charge < -0.3 is 9.84 Å². The SMILES string of the molecule is CC.O=C(O)C1CN(Cc2cc(F)cc(C(F)(F)F)c2)CCO1. The molecule has 1 aliphatic rings. The molecule has 130 valence electrons. The highest BCUT2D eigenvalue weighted by molar-refractivity contribution is 5.72. The minimum atomic E-state index is -4.62. The zero-order valence-corrected chi connectivity index (χ0v) is 12.9. The quantitative estimate of drug-likeness (QED) is 0.861. The normalized spacial score (nSPS) is 19.0. The number of ether oxygens (including phenoxy) is 1. The molecule has 0 spiro atoms. The minimum Gasteiger partial charge on any atom is -0.479 e. The molecule has 0 saturated carbocycles. The maximum atomic E-state index is 13.3. The molecule has 1 aromatic carbocycles. The van der Waals surface area contributed by atoms with Crippen LogP contribution in [0.4, 0.5) is 17.6 Å². The Kier molecular flexibility index (Phi) is 6.96. The minimum absolute atomic E-state index is 0.0357. The Hall–Kier alpha value is -1.67. The van der Waals surface area contributed by atoms with Gasteiger partial charge in [-0.15, -0.1) is 0 Å². The van der Waals surface area contributed by atoms with Gasteiger partial charge >= 0.3 is 12.1 Å². The molecule has 1 atom stereocenters. The lowest BCUT2D eigenvalue weighted by Gasteiger charge is -2.30. The Bertz CT molecular complexity index is 534. The van der Waals surface area contributed by atoms with Crippen LogP contribution in [-0.4, -0.2) is 41.8 Å². The van der Waals surface area contributed by atoms with Crippen LogP contribution < -0.4 is 0 Å². The van der Waals surface area contributed by atoms with Gasteiger partial charge in [0.2, 0.25) is 0 Å². The van der Waals surface area contributed by atoms with E-state index >= 15 is 0 Å². The molecule has 1 fully saturated rings. The molecular weight excluding hydrogens is 318 g/mol. The van der Waals surface area contributed by atoms with E-state index in [9.17, 15) is 22.4 Å². The molecule has 1 aliphatic heterocycles. The first kappa shape index (κ1) is 19.4. The van der Waals surface area contributed by atoms with E-state index in [1.165, 1.54) is 0 Å². The second-order valence-electron chi connectivity index (χ2n) is 4.78. The number of carboxylic acid groups (broad SMARTS) is 1. The van der Waals surface area contributed by atoms with Gasteiger partial charge in [-0.3, -0.25) is 4.90 Å². The van der Waals surface area contributed by atoms with E-state index in [1.54, 1.807) is 4.90 Å². The van der Waals surface area contributed by atoms with Gasteiger partial charge in [0.1, 0.15) is 5.82 Å². The van der Waals surface area contributed by atoms with Gasteiger partial charge in [-0.1, -0.05) is 13.8 Å². The molecule has 0 bridgehead atoms. The first-order valence-electron chi connectivity index (χ1n) is 7.19. The average molecular weight is 337 g/mol. The van der Waals surface area contributed by atoms with Gasteiger partial charge in [-0.25, -0.2) is 9.18 Å². The standard InChI is InChI=1S/C13H13F4NO3.C2H6/c14-10-4-8(3-9(5-10)13(15,16)17)6-18-1-2-21-11(7-18)12(19)20;1-2/h3-5,11H,1-2,6-7H2,(H,19,20);1-2H3. The van der Waals surface area contributed by atoms with Gasteiger partial charge in [0.05, 0.1) is 12.2 Å². The number of aliphatic carboxylic acids is 1. The summed E-state index contributed by atoms with van der Waals surface area (Å²) in [6, 6.07) is 2.32. The highest BCUT2D eigenvalue weighted by atomic mass is 19.4. The highest BCUT2D eigenvalue weighted by Gasteiger charge is 2.32. The van der Waals surface area contributed by atoms with E-state index in [-0.39, 0.29) is 25.3 Å². The summed E-state index contributed by atoms with van der Waals surface area (Å²) in [5.74, 6) is -2.10. The van der Waals surface area contributed by atoms with Crippen LogP contribution in [0.15, 0.2) is 18.2 Å². The molecule has 23 heavy (non-hydrogen) atoms. The van der Waals surface area contributed by atoms with Crippen LogP contribution in [0.1, 0.15) is 25.0 Å². The molecule has 0 aromatic heterocycles. The van der Waals surface area contributed by atoms with Crippen LogP contribution in [0, 0.1) is 5.82 Å². The predicted molar refractivity (Wildman–Crippen MR) is 75.4 cm³/mol. The Balaban J connectivity index is 0.00000127. The van der Waals surface area contributed by atoms with Crippen molar-refractivity contribution in [1.29, 1.82) is 0 Å².